The van der Waals surface area contributed by atoms with Gasteiger partial charge in [0.1, 0.15) is 5.75 Å². The van der Waals surface area contributed by atoms with E-state index in [1.807, 2.05) is 0 Å². The molecule has 0 saturated heterocycles. The Morgan fingerprint density at radius 2 is 1.79 bits per heavy atom. The fourth-order valence-electron chi connectivity index (χ4n) is 2.91. The van der Waals surface area contributed by atoms with E-state index in [0.29, 0.717) is 5.56 Å². The summed E-state index contributed by atoms with van der Waals surface area (Å²) in [6.07, 6.45) is 4.80. The van der Waals surface area contributed by atoms with Crippen molar-refractivity contribution >= 4 is 5.97 Å². The van der Waals surface area contributed by atoms with Crippen molar-refractivity contribution in [3.8, 4) is 5.75 Å². The monoisotopic (exact) mass is 264 g/mol. The Morgan fingerprint density at radius 1 is 1.21 bits per heavy atom. The van der Waals surface area contributed by atoms with E-state index >= 15 is 0 Å². The van der Waals surface area contributed by atoms with Crippen molar-refractivity contribution in [2.24, 2.45) is 5.92 Å². The summed E-state index contributed by atoms with van der Waals surface area (Å²) in [5.41, 5.74) is -1.12. The smallest absolute Gasteiger partial charge is 0.342 e. The van der Waals surface area contributed by atoms with Crippen molar-refractivity contribution in [2.75, 3.05) is 7.11 Å². The van der Waals surface area contributed by atoms with Crippen molar-refractivity contribution < 1.29 is 19.7 Å². The van der Waals surface area contributed by atoms with Crippen LogP contribution in [0.1, 0.15) is 37.7 Å². The third-order valence-electron chi connectivity index (χ3n) is 4.00. The van der Waals surface area contributed by atoms with E-state index in [9.17, 15) is 15.0 Å². The summed E-state index contributed by atoms with van der Waals surface area (Å²) in [7, 11) is 1.29. The van der Waals surface area contributed by atoms with Gasteiger partial charge in [-0.15, -0.1) is 0 Å². The number of aromatic hydroxyl groups is 1. The number of carbonyl (C=O) groups excluding carboxylic acids is 1. The van der Waals surface area contributed by atoms with Crippen LogP contribution in [0.15, 0.2) is 24.3 Å². The summed E-state index contributed by atoms with van der Waals surface area (Å²) in [5.74, 6) is -0.636. The fourth-order valence-corrected chi connectivity index (χ4v) is 2.91. The number of hydrogen-bond acceptors (Lipinski definition) is 4. The minimum atomic E-state index is -1.61. The fraction of sp³-hybridized carbons (Fsp3) is 0.533. The first-order valence-corrected chi connectivity index (χ1v) is 6.69. The topological polar surface area (TPSA) is 66.8 Å². The maximum atomic E-state index is 12.1. The van der Waals surface area contributed by atoms with Crippen LogP contribution in [0, 0.1) is 5.92 Å². The second-order valence-corrected chi connectivity index (χ2v) is 5.14. The highest BCUT2D eigenvalue weighted by molar-refractivity contribution is 5.81. The minimum Gasteiger partial charge on any atom is -0.508 e. The molecule has 4 heteroatoms. The van der Waals surface area contributed by atoms with Crippen LogP contribution in [0.25, 0.3) is 0 Å². The number of esters is 1. The molecule has 1 aromatic carbocycles. The lowest BCUT2D eigenvalue weighted by atomic mass is 9.73. The first-order valence-electron chi connectivity index (χ1n) is 6.69. The summed E-state index contributed by atoms with van der Waals surface area (Å²) in [6.45, 7) is 0. The van der Waals surface area contributed by atoms with Gasteiger partial charge in [0.2, 0.25) is 0 Å². The molecule has 1 aliphatic carbocycles. The largest absolute Gasteiger partial charge is 0.508 e. The molecule has 0 radical (unpaired) electrons. The van der Waals surface area contributed by atoms with Crippen LogP contribution < -0.4 is 0 Å². The van der Waals surface area contributed by atoms with E-state index < -0.39 is 11.6 Å². The van der Waals surface area contributed by atoms with Crippen molar-refractivity contribution in [3.63, 3.8) is 0 Å². The highest BCUT2D eigenvalue weighted by Crippen LogP contribution is 2.40. The van der Waals surface area contributed by atoms with Crippen LogP contribution in [-0.4, -0.2) is 23.3 Å². The summed E-state index contributed by atoms with van der Waals surface area (Å²) in [4.78, 5) is 12.1. The van der Waals surface area contributed by atoms with E-state index in [2.05, 4.69) is 0 Å². The molecular formula is C15H20O4. The van der Waals surface area contributed by atoms with E-state index in [-0.39, 0.29) is 11.7 Å². The van der Waals surface area contributed by atoms with Crippen molar-refractivity contribution in [2.45, 2.75) is 37.7 Å². The standard InChI is InChI=1S/C15H20O4/c1-19-14(17)15(18,11-5-3-2-4-6-11)12-7-9-13(16)10-8-12/h7-11,16,18H,2-6H2,1H3. The number of ether oxygens (including phenoxy) is 1. The van der Waals surface area contributed by atoms with Crippen LogP contribution in [0.4, 0.5) is 0 Å². The van der Waals surface area contributed by atoms with E-state index in [4.69, 9.17) is 4.74 Å². The van der Waals surface area contributed by atoms with Crippen LogP contribution in [0.5, 0.6) is 5.75 Å². The second-order valence-electron chi connectivity index (χ2n) is 5.14. The van der Waals surface area contributed by atoms with E-state index in [1.54, 1.807) is 12.1 Å². The minimum absolute atomic E-state index is 0.111. The Kier molecular flexibility index (Phi) is 4.10. The highest BCUT2D eigenvalue weighted by Gasteiger charge is 2.46. The number of carbonyl (C=O) groups is 1. The molecule has 4 nitrogen and oxygen atoms in total. The lowest BCUT2D eigenvalue weighted by Crippen LogP contribution is -2.44. The van der Waals surface area contributed by atoms with Crippen LogP contribution in [0.3, 0.4) is 0 Å². The number of phenolic OH excluding ortho intramolecular Hbond substituents is 1. The first kappa shape index (κ1) is 13.9. The molecule has 0 aromatic heterocycles. The number of benzene rings is 1. The number of hydrogen-bond donors (Lipinski definition) is 2. The Bertz CT molecular complexity index is 434. The molecule has 1 unspecified atom stereocenters. The van der Waals surface area contributed by atoms with E-state index in [0.717, 1.165) is 32.1 Å². The Morgan fingerprint density at radius 3 is 2.32 bits per heavy atom. The molecule has 0 spiro atoms. The van der Waals surface area contributed by atoms with Gasteiger partial charge in [0.25, 0.3) is 0 Å². The first-order chi connectivity index (χ1) is 9.09. The number of aliphatic hydroxyl groups is 1. The summed E-state index contributed by atoms with van der Waals surface area (Å²) in [6, 6.07) is 6.12. The molecule has 1 fully saturated rings. The van der Waals surface area contributed by atoms with Crippen LogP contribution >= 0.6 is 0 Å². The molecule has 19 heavy (non-hydrogen) atoms. The average Bonchev–Trinajstić information content (AvgIpc) is 2.47. The van der Waals surface area contributed by atoms with Gasteiger partial charge in [-0.2, -0.15) is 0 Å². The zero-order valence-corrected chi connectivity index (χ0v) is 11.1. The zero-order chi connectivity index (χ0) is 13.9. The molecule has 0 bridgehead atoms. The lowest BCUT2D eigenvalue weighted by Gasteiger charge is -2.36. The van der Waals surface area contributed by atoms with E-state index in [1.165, 1.54) is 19.2 Å². The zero-order valence-electron chi connectivity index (χ0n) is 11.1. The van der Waals surface area contributed by atoms with Gasteiger partial charge < -0.3 is 14.9 Å². The van der Waals surface area contributed by atoms with Crippen LogP contribution in [0.2, 0.25) is 0 Å². The molecule has 0 heterocycles. The predicted octanol–water partition coefficient (Wildman–Crippen LogP) is 2.33. The SMILES string of the molecule is COC(=O)C(O)(c1ccc(O)cc1)C1CCCCC1. The van der Waals surface area contributed by atoms with Gasteiger partial charge in [0, 0.05) is 5.92 Å². The Hall–Kier alpha value is -1.55. The second kappa shape index (κ2) is 5.61. The molecule has 2 N–H and O–H groups in total. The Labute approximate surface area is 113 Å². The summed E-state index contributed by atoms with van der Waals surface area (Å²) in [5, 5.41) is 20.2. The molecule has 1 atom stereocenters. The van der Waals surface area contributed by atoms with Gasteiger partial charge in [-0.05, 0) is 30.5 Å². The molecule has 1 aromatic rings. The maximum absolute atomic E-state index is 12.1. The van der Waals surface area contributed by atoms with Gasteiger partial charge in [0.15, 0.2) is 5.60 Å². The average molecular weight is 264 g/mol. The molecule has 1 aliphatic rings. The lowest BCUT2D eigenvalue weighted by molar-refractivity contribution is -0.172. The highest BCUT2D eigenvalue weighted by atomic mass is 16.5. The van der Waals surface area contributed by atoms with Crippen LogP contribution in [-0.2, 0) is 15.1 Å². The maximum Gasteiger partial charge on any atom is 0.342 e. The predicted molar refractivity (Wildman–Crippen MR) is 70.6 cm³/mol. The van der Waals surface area contributed by atoms with Gasteiger partial charge in [-0.1, -0.05) is 31.4 Å². The summed E-state index contributed by atoms with van der Waals surface area (Å²) < 4.78 is 4.80. The number of methoxy groups -OCH3 is 1. The molecule has 0 amide bonds. The number of phenols is 1. The Balaban J connectivity index is 2.38. The van der Waals surface area contributed by atoms with Gasteiger partial charge in [-0.3, -0.25) is 0 Å². The third-order valence-corrected chi connectivity index (χ3v) is 4.00. The van der Waals surface area contributed by atoms with Crippen molar-refractivity contribution in [3.05, 3.63) is 29.8 Å². The van der Waals surface area contributed by atoms with Gasteiger partial charge in [-0.25, -0.2) is 4.79 Å². The number of rotatable bonds is 3. The van der Waals surface area contributed by atoms with Gasteiger partial charge in [0.05, 0.1) is 7.11 Å². The molecular weight excluding hydrogens is 244 g/mol. The van der Waals surface area contributed by atoms with Crippen molar-refractivity contribution in [1.82, 2.24) is 0 Å². The quantitative estimate of drug-likeness (QED) is 0.822. The normalized spacial score (nSPS) is 19.7. The summed E-state index contributed by atoms with van der Waals surface area (Å²) >= 11 is 0. The molecule has 1 saturated carbocycles. The van der Waals surface area contributed by atoms with Crippen molar-refractivity contribution in [1.29, 1.82) is 0 Å². The molecule has 0 aliphatic heterocycles. The van der Waals surface area contributed by atoms with Gasteiger partial charge >= 0.3 is 5.97 Å². The molecule has 2 rings (SSSR count). The molecule has 104 valence electrons. The third kappa shape index (κ3) is 2.59.